The quantitative estimate of drug-likeness (QED) is 0.714. The van der Waals surface area contributed by atoms with E-state index in [-0.39, 0.29) is 24.1 Å². The molecule has 1 aliphatic heterocycles. The Bertz CT molecular complexity index is 824. The number of hydrogen-bond donors (Lipinski definition) is 0. The molecule has 0 spiro atoms. The number of carbonyl (C=O) groups excluding carboxylic acids is 2. The number of amides is 1. The lowest BCUT2D eigenvalue weighted by Gasteiger charge is -2.34. The van der Waals surface area contributed by atoms with E-state index in [1.807, 2.05) is 4.90 Å². The van der Waals surface area contributed by atoms with Gasteiger partial charge in [0.25, 0.3) is 5.91 Å². The van der Waals surface area contributed by atoms with Crippen molar-refractivity contribution in [3.05, 3.63) is 59.4 Å². The van der Waals surface area contributed by atoms with Crippen LogP contribution < -0.4 is 9.47 Å². The third-order valence-corrected chi connectivity index (χ3v) is 4.83. The molecular formula is C21H23FN2O4. The first-order valence-electron chi connectivity index (χ1n) is 9.05. The van der Waals surface area contributed by atoms with Crippen LogP contribution in [-0.4, -0.2) is 68.4 Å². The Morgan fingerprint density at radius 2 is 1.50 bits per heavy atom. The second kappa shape index (κ2) is 8.84. The van der Waals surface area contributed by atoms with Crippen LogP contribution in [-0.2, 0) is 0 Å². The maximum atomic E-state index is 13.0. The van der Waals surface area contributed by atoms with Gasteiger partial charge >= 0.3 is 0 Å². The first-order valence-corrected chi connectivity index (χ1v) is 9.05. The van der Waals surface area contributed by atoms with E-state index in [1.54, 1.807) is 23.1 Å². The smallest absolute Gasteiger partial charge is 0.261 e. The third kappa shape index (κ3) is 4.31. The lowest BCUT2D eigenvalue weighted by atomic mass is 10.1. The Kier molecular flexibility index (Phi) is 6.26. The number of hydrogen-bond acceptors (Lipinski definition) is 5. The molecule has 148 valence electrons. The number of carbonyl (C=O) groups is 2. The fourth-order valence-electron chi connectivity index (χ4n) is 3.26. The molecule has 2 aromatic carbocycles. The van der Waals surface area contributed by atoms with Crippen LogP contribution in [0.25, 0.3) is 0 Å². The highest BCUT2D eigenvalue weighted by atomic mass is 19.1. The lowest BCUT2D eigenvalue weighted by Crippen LogP contribution is -2.50. The van der Waals surface area contributed by atoms with Crippen molar-refractivity contribution < 1.29 is 23.5 Å². The highest BCUT2D eigenvalue weighted by molar-refractivity contribution is 6.00. The van der Waals surface area contributed by atoms with E-state index in [1.165, 1.54) is 38.5 Å². The summed E-state index contributed by atoms with van der Waals surface area (Å²) >= 11 is 0. The predicted octanol–water partition coefficient (Wildman–Crippen LogP) is 2.48. The van der Waals surface area contributed by atoms with Crippen LogP contribution in [0.15, 0.2) is 42.5 Å². The van der Waals surface area contributed by atoms with Gasteiger partial charge in [-0.3, -0.25) is 14.5 Å². The SMILES string of the molecule is COc1cccc(OC)c1C(=O)N1CCN(CC(=O)c2ccc(F)cc2)CC1. The van der Waals surface area contributed by atoms with Gasteiger partial charge in [0.2, 0.25) is 0 Å². The molecule has 0 aliphatic carbocycles. The predicted molar refractivity (Wildman–Crippen MR) is 103 cm³/mol. The molecule has 6 nitrogen and oxygen atoms in total. The molecule has 0 N–H and O–H groups in total. The second-order valence-corrected chi connectivity index (χ2v) is 6.54. The van der Waals surface area contributed by atoms with Crippen molar-refractivity contribution in [2.45, 2.75) is 0 Å². The highest BCUT2D eigenvalue weighted by Crippen LogP contribution is 2.29. The molecule has 2 aromatic rings. The zero-order chi connectivity index (χ0) is 20.1. The van der Waals surface area contributed by atoms with Gasteiger partial charge in [-0.15, -0.1) is 0 Å². The number of halogens is 1. The van der Waals surface area contributed by atoms with Crippen LogP contribution in [0.3, 0.4) is 0 Å². The summed E-state index contributed by atoms with van der Waals surface area (Å²) in [5.41, 5.74) is 0.891. The van der Waals surface area contributed by atoms with Crippen molar-refractivity contribution >= 4 is 11.7 Å². The molecule has 0 bridgehead atoms. The highest BCUT2D eigenvalue weighted by Gasteiger charge is 2.27. The number of piperazine rings is 1. The topological polar surface area (TPSA) is 59.1 Å². The Hall–Kier alpha value is -2.93. The van der Waals surface area contributed by atoms with E-state index in [4.69, 9.17) is 9.47 Å². The van der Waals surface area contributed by atoms with Crippen LogP contribution in [0.4, 0.5) is 4.39 Å². The molecule has 1 aliphatic rings. The first-order chi connectivity index (χ1) is 13.5. The molecule has 0 atom stereocenters. The van der Waals surface area contributed by atoms with Crippen LogP contribution in [0.5, 0.6) is 11.5 Å². The maximum Gasteiger partial charge on any atom is 0.261 e. The minimum atomic E-state index is -0.365. The third-order valence-electron chi connectivity index (χ3n) is 4.83. The summed E-state index contributed by atoms with van der Waals surface area (Å²) in [5, 5.41) is 0. The van der Waals surface area contributed by atoms with Gasteiger partial charge < -0.3 is 14.4 Å². The van der Waals surface area contributed by atoms with Gasteiger partial charge in [0.1, 0.15) is 22.9 Å². The van der Waals surface area contributed by atoms with Gasteiger partial charge in [-0.2, -0.15) is 0 Å². The monoisotopic (exact) mass is 386 g/mol. The maximum absolute atomic E-state index is 13.0. The summed E-state index contributed by atoms with van der Waals surface area (Å²) in [7, 11) is 3.04. The standard InChI is InChI=1S/C21H23FN2O4/c1-27-18-4-3-5-19(28-2)20(18)21(26)24-12-10-23(11-13-24)14-17(25)15-6-8-16(22)9-7-15/h3-9H,10-14H2,1-2H3. The van der Waals surface area contributed by atoms with Crippen molar-refractivity contribution in [3.63, 3.8) is 0 Å². The zero-order valence-corrected chi connectivity index (χ0v) is 16.0. The van der Waals surface area contributed by atoms with Gasteiger partial charge in [-0.05, 0) is 36.4 Å². The van der Waals surface area contributed by atoms with E-state index >= 15 is 0 Å². The van der Waals surface area contributed by atoms with E-state index in [9.17, 15) is 14.0 Å². The summed E-state index contributed by atoms with van der Waals surface area (Å²) in [6.45, 7) is 2.39. The van der Waals surface area contributed by atoms with Gasteiger partial charge in [-0.1, -0.05) is 6.07 Å². The van der Waals surface area contributed by atoms with Gasteiger partial charge in [0, 0.05) is 31.7 Å². The fourth-order valence-corrected chi connectivity index (χ4v) is 3.26. The molecule has 0 saturated carbocycles. The molecule has 3 rings (SSSR count). The Morgan fingerprint density at radius 3 is 2.04 bits per heavy atom. The van der Waals surface area contributed by atoms with Crippen molar-refractivity contribution in [1.82, 2.24) is 9.80 Å². The summed E-state index contributed by atoms with van der Waals surface area (Å²) in [5.74, 6) is 0.358. The first kappa shape index (κ1) is 19.8. The molecule has 0 aromatic heterocycles. The molecule has 1 heterocycles. The number of methoxy groups -OCH3 is 2. The number of benzene rings is 2. The average Bonchev–Trinajstić information content (AvgIpc) is 2.73. The molecule has 1 fully saturated rings. The number of ether oxygens (including phenoxy) is 2. The van der Waals surface area contributed by atoms with Crippen molar-refractivity contribution in [2.24, 2.45) is 0 Å². The average molecular weight is 386 g/mol. The Labute approximate surface area is 163 Å². The molecule has 1 saturated heterocycles. The van der Waals surface area contributed by atoms with Gasteiger partial charge in [-0.25, -0.2) is 4.39 Å². The van der Waals surface area contributed by atoms with Gasteiger partial charge in [0.05, 0.1) is 20.8 Å². The number of nitrogens with zero attached hydrogens (tertiary/aromatic N) is 2. The molecule has 7 heteroatoms. The summed E-state index contributed by atoms with van der Waals surface area (Å²) in [6, 6.07) is 10.8. The second-order valence-electron chi connectivity index (χ2n) is 6.54. The number of ketones is 1. The normalized spacial score (nSPS) is 14.6. The van der Waals surface area contributed by atoms with E-state index in [2.05, 4.69) is 0 Å². The Balaban J connectivity index is 1.62. The number of rotatable bonds is 6. The summed E-state index contributed by atoms with van der Waals surface area (Å²) in [4.78, 5) is 29.1. The summed E-state index contributed by atoms with van der Waals surface area (Å²) in [6.07, 6.45) is 0. The fraction of sp³-hybridized carbons (Fsp3) is 0.333. The largest absolute Gasteiger partial charge is 0.496 e. The molecule has 0 radical (unpaired) electrons. The van der Waals surface area contributed by atoms with Crippen molar-refractivity contribution in [3.8, 4) is 11.5 Å². The van der Waals surface area contributed by atoms with Crippen molar-refractivity contribution in [1.29, 1.82) is 0 Å². The van der Waals surface area contributed by atoms with Crippen LogP contribution >= 0.6 is 0 Å². The van der Waals surface area contributed by atoms with Crippen LogP contribution in [0.2, 0.25) is 0 Å². The van der Waals surface area contributed by atoms with Gasteiger partial charge in [0.15, 0.2) is 5.78 Å². The molecular weight excluding hydrogens is 363 g/mol. The number of Topliss-reactive ketones (excluding diaryl/α,β-unsaturated/α-hetero) is 1. The lowest BCUT2D eigenvalue weighted by molar-refractivity contribution is 0.0618. The molecule has 28 heavy (non-hydrogen) atoms. The molecule has 1 amide bonds. The minimum absolute atomic E-state index is 0.0637. The van der Waals surface area contributed by atoms with E-state index < -0.39 is 0 Å². The zero-order valence-electron chi connectivity index (χ0n) is 16.0. The minimum Gasteiger partial charge on any atom is -0.496 e. The Morgan fingerprint density at radius 1 is 0.929 bits per heavy atom. The molecule has 0 unspecified atom stereocenters. The van der Waals surface area contributed by atoms with Crippen LogP contribution in [0.1, 0.15) is 20.7 Å². The summed E-state index contributed by atoms with van der Waals surface area (Å²) < 4.78 is 23.6. The van der Waals surface area contributed by atoms with Crippen molar-refractivity contribution in [2.75, 3.05) is 46.9 Å². The van der Waals surface area contributed by atoms with Crippen LogP contribution in [0, 0.1) is 5.82 Å². The van der Waals surface area contributed by atoms with E-state index in [0.717, 1.165) is 0 Å². The van der Waals surface area contributed by atoms with E-state index in [0.29, 0.717) is 48.8 Å².